The summed E-state index contributed by atoms with van der Waals surface area (Å²) in [5.41, 5.74) is 2.85. The lowest BCUT2D eigenvalue weighted by atomic mass is 9.98. The van der Waals surface area contributed by atoms with Gasteiger partial charge in [-0.05, 0) is 64.5 Å². The van der Waals surface area contributed by atoms with Gasteiger partial charge in [0, 0.05) is 0 Å². The summed E-state index contributed by atoms with van der Waals surface area (Å²) >= 11 is 0. The second-order valence-electron chi connectivity index (χ2n) is 12.1. The Kier molecular flexibility index (Phi) is 8.60. The SMILES string of the molecule is C/C(=C\c1ccc(CO)o1)CC[C@H]1OC[C@H]2C1=C(CO[Si](c1ccccc1)(c1ccccc1)C(C)(C)C)CS2(=O)=O. The summed E-state index contributed by atoms with van der Waals surface area (Å²) in [4.78, 5) is 0. The van der Waals surface area contributed by atoms with Crippen LogP contribution in [0.25, 0.3) is 6.08 Å². The van der Waals surface area contributed by atoms with Gasteiger partial charge in [-0.2, -0.15) is 0 Å². The molecule has 0 saturated carbocycles. The van der Waals surface area contributed by atoms with E-state index in [1.54, 1.807) is 6.07 Å². The van der Waals surface area contributed by atoms with Gasteiger partial charge < -0.3 is 18.7 Å². The van der Waals surface area contributed by atoms with Gasteiger partial charge in [0.05, 0.1) is 25.1 Å². The van der Waals surface area contributed by atoms with Crippen LogP contribution < -0.4 is 10.4 Å². The van der Waals surface area contributed by atoms with Crippen LogP contribution in [0, 0.1) is 0 Å². The first-order valence-corrected chi connectivity index (χ1v) is 17.8. The maximum atomic E-state index is 13.3. The average molecular weight is 593 g/mol. The molecule has 2 aromatic carbocycles. The molecule has 2 aliphatic rings. The van der Waals surface area contributed by atoms with E-state index in [9.17, 15) is 13.5 Å². The van der Waals surface area contributed by atoms with Crippen LogP contribution in [0.15, 0.2) is 93.9 Å². The molecular weight excluding hydrogens is 553 g/mol. The molecule has 0 radical (unpaired) electrons. The van der Waals surface area contributed by atoms with Crippen LogP contribution in [0.1, 0.15) is 52.1 Å². The zero-order valence-corrected chi connectivity index (χ0v) is 26.1. The highest BCUT2D eigenvalue weighted by atomic mass is 32.2. The van der Waals surface area contributed by atoms with Gasteiger partial charge in [0.1, 0.15) is 23.4 Å². The molecule has 0 amide bonds. The fourth-order valence-electron chi connectivity index (χ4n) is 6.32. The summed E-state index contributed by atoms with van der Waals surface area (Å²) in [7, 11) is -6.16. The molecule has 3 heterocycles. The molecule has 1 N–H and O–H groups in total. The van der Waals surface area contributed by atoms with Crippen LogP contribution in [-0.2, 0) is 25.6 Å². The largest absolute Gasteiger partial charge is 0.459 e. The molecule has 1 saturated heterocycles. The van der Waals surface area contributed by atoms with Crippen molar-refractivity contribution in [2.75, 3.05) is 19.0 Å². The van der Waals surface area contributed by atoms with Crippen LogP contribution in [0.2, 0.25) is 5.04 Å². The summed E-state index contributed by atoms with van der Waals surface area (Å²) in [6.07, 6.45) is 3.11. The van der Waals surface area contributed by atoms with Crippen molar-refractivity contribution < 1.29 is 27.1 Å². The number of aliphatic hydroxyl groups is 1. The molecule has 0 bridgehead atoms. The molecule has 2 aliphatic heterocycles. The van der Waals surface area contributed by atoms with Crippen LogP contribution in [0.3, 0.4) is 0 Å². The zero-order chi connectivity index (χ0) is 29.3. The number of allylic oxidation sites excluding steroid dienone is 1. The Labute approximate surface area is 244 Å². The van der Waals surface area contributed by atoms with E-state index in [-0.39, 0.29) is 36.7 Å². The Morgan fingerprint density at radius 2 is 1.66 bits per heavy atom. The third-order valence-corrected chi connectivity index (χ3v) is 15.3. The first kappa shape index (κ1) is 29.7. The van der Waals surface area contributed by atoms with Crippen molar-refractivity contribution in [1.82, 2.24) is 0 Å². The lowest BCUT2D eigenvalue weighted by Crippen LogP contribution is -2.66. The Hall–Kier alpha value is -2.75. The quantitative estimate of drug-likeness (QED) is 0.263. The maximum Gasteiger partial charge on any atom is 0.261 e. The molecule has 0 unspecified atom stereocenters. The number of ether oxygens (including phenoxy) is 1. The van der Waals surface area contributed by atoms with Crippen LogP contribution in [0.4, 0.5) is 0 Å². The Balaban J connectivity index is 1.44. The number of hydrogen-bond acceptors (Lipinski definition) is 6. The van der Waals surface area contributed by atoms with Crippen LogP contribution in [0.5, 0.6) is 0 Å². The minimum absolute atomic E-state index is 0.0240. The average Bonchev–Trinajstić information content (AvgIpc) is 3.65. The number of sulfone groups is 1. The number of fused-ring (bicyclic) bond motifs is 1. The predicted molar refractivity (Wildman–Crippen MR) is 165 cm³/mol. The van der Waals surface area contributed by atoms with Gasteiger partial charge in [0.15, 0.2) is 9.84 Å². The highest BCUT2D eigenvalue weighted by Crippen LogP contribution is 2.41. The van der Waals surface area contributed by atoms with Gasteiger partial charge >= 0.3 is 0 Å². The van der Waals surface area contributed by atoms with E-state index in [1.165, 1.54) is 10.4 Å². The van der Waals surface area contributed by atoms with E-state index < -0.39 is 23.4 Å². The smallest absolute Gasteiger partial charge is 0.261 e. The van der Waals surface area contributed by atoms with E-state index in [0.29, 0.717) is 17.9 Å². The second-order valence-corrected chi connectivity index (χ2v) is 18.6. The standard InChI is InChI=1S/C33H40O6SSi/c1-24(19-26-16-17-27(20-34)39-26)15-18-30-32-25(23-40(35,36)31(32)22-37-30)21-38-41(33(2,3)4,28-11-7-5-8-12-28)29-13-9-6-10-14-29/h5-14,16-17,19,30-31,34H,15,18,20-23H2,1-4H3/b24-19+/t30-,31+/m1/s1. The molecule has 1 aromatic heterocycles. The van der Waals surface area contributed by atoms with E-state index in [1.807, 2.05) is 31.2 Å². The van der Waals surface area contributed by atoms with Crippen LogP contribution in [-0.4, -0.2) is 52.2 Å². The molecule has 41 heavy (non-hydrogen) atoms. The molecule has 8 heteroatoms. The van der Waals surface area contributed by atoms with E-state index >= 15 is 0 Å². The van der Waals surface area contributed by atoms with Crippen molar-refractivity contribution in [3.8, 4) is 0 Å². The maximum absolute atomic E-state index is 13.3. The molecule has 1 fully saturated rings. The van der Waals surface area contributed by atoms with Gasteiger partial charge in [0.25, 0.3) is 8.32 Å². The minimum Gasteiger partial charge on any atom is -0.459 e. The van der Waals surface area contributed by atoms with E-state index in [0.717, 1.165) is 23.1 Å². The minimum atomic E-state index is -3.34. The molecule has 6 nitrogen and oxygen atoms in total. The van der Waals surface area contributed by atoms with Gasteiger partial charge in [-0.15, -0.1) is 0 Å². The Morgan fingerprint density at radius 1 is 1.02 bits per heavy atom. The number of furan rings is 1. The Bertz CT molecular complexity index is 1480. The van der Waals surface area contributed by atoms with Gasteiger partial charge in [-0.25, -0.2) is 8.42 Å². The summed E-state index contributed by atoms with van der Waals surface area (Å²) in [6.45, 7) is 9.04. The Morgan fingerprint density at radius 3 is 2.22 bits per heavy atom. The third kappa shape index (κ3) is 5.94. The monoisotopic (exact) mass is 592 g/mol. The number of hydrogen-bond donors (Lipinski definition) is 1. The summed E-state index contributed by atoms with van der Waals surface area (Å²) < 4.78 is 45.4. The molecule has 218 valence electrons. The highest BCUT2D eigenvalue weighted by molar-refractivity contribution is 7.92. The fourth-order valence-corrected chi connectivity index (χ4v) is 12.8. The molecule has 0 spiro atoms. The zero-order valence-electron chi connectivity index (χ0n) is 24.3. The number of benzene rings is 2. The van der Waals surface area contributed by atoms with Crippen molar-refractivity contribution in [2.24, 2.45) is 0 Å². The van der Waals surface area contributed by atoms with Crippen molar-refractivity contribution in [3.05, 3.63) is 101 Å². The molecular formula is C33H40O6SSi. The van der Waals surface area contributed by atoms with Crippen LogP contribution >= 0.6 is 0 Å². The first-order valence-electron chi connectivity index (χ1n) is 14.2. The topological polar surface area (TPSA) is 86.0 Å². The highest BCUT2D eigenvalue weighted by Gasteiger charge is 2.52. The lowest BCUT2D eigenvalue weighted by Gasteiger charge is -2.43. The second kappa shape index (κ2) is 11.9. The molecule has 3 aromatic rings. The van der Waals surface area contributed by atoms with Gasteiger partial charge in [0.2, 0.25) is 0 Å². The fraction of sp³-hybridized carbons (Fsp3) is 0.394. The lowest BCUT2D eigenvalue weighted by molar-refractivity contribution is 0.117. The van der Waals surface area contributed by atoms with Crippen molar-refractivity contribution in [3.63, 3.8) is 0 Å². The predicted octanol–water partition coefficient (Wildman–Crippen LogP) is 5.02. The number of aliphatic hydroxyl groups excluding tert-OH is 1. The van der Waals surface area contributed by atoms with E-state index in [2.05, 4.69) is 69.3 Å². The van der Waals surface area contributed by atoms with Crippen molar-refractivity contribution in [2.45, 2.75) is 63.5 Å². The summed E-state index contributed by atoms with van der Waals surface area (Å²) in [5, 5.41) is 10.8. The van der Waals surface area contributed by atoms with E-state index in [4.69, 9.17) is 13.6 Å². The third-order valence-electron chi connectivity index (χ3n) is 8.27. The van der Waals surface area contributed by atoms with Crippen molar-refractivity contribution in [1.29, 1.82) is 0 Å². The van der Waals surface area contributed by atoms with Gasteiger partial charge in [-0.1, -0.05) is 87.0 Å². The first-order chi connectivity index (χ1) is 19.5. The van der Waals surface area contributed by atoms with Gasteiger partial charge in [-0.3, -0.25) is 0 Å². The molecule has 5 rings (SSSR count). The molecule has 0 aliphatic carbocycles. The van der Waals surface area contributed by atoms with Crippen molar-refractivity contribution >= 4 is 34.6 Å². The molecule has 2 atom stereocenters. The normalized spacial score (nSPS) is 21.0. The summed E-state index contributed by atoms with van der Waals surface area (Å²) in [6, 6.07) is 24.4. The summed E-state index contributed by atoms with van der Waals surface area (Å²) in [5.74, 6) is 1.24. The number of rotatable bonds is 10.